The van der Waals surface area contributed by atoms with Crippen molar-refractivity contribution in [2.45, 2.75) is 64.0 Å². The van der Waals surface area contributed by atoms with Gasteiger partial charge in [-0.2, -0.15) is 5.26 Å². The maximum Gasteiger partial charge on any atom is 0.255 e. The van der Waals surface area contributed by atoms with Gasteiger partial charge in [-0.25, -0.2) is 0 Å². The lowest BCUT2D eigenvalue weighted by Crippen LogP contribution is -2.52. The minimum Gasteiger partial charge on any atom is -0.494 e. The van der Waals surface area contributed by atoms with Crippen LogP contribution >= 0.6 is 0 Å². The molecular weight excluding hydrogens is 667 g/mol. The highest BCUT2D eigenvalue weighted by atomic mass is 16.5. The number of hydrogen-bond donors (Lipinski definition) is 2. The van der Waals surface area contributed by atoms with E-state index in [9.17, 15) is 19.6 Å². The van der Waals surface area contributed by atoms with Crippen molar-refractivity contribution in [3.05, 3.63) is 88.6 Å². The summed E-state index contributed by atoms with van der Waals surface area (Å²) in [5, 5.41) is 13.0. The van der Waals surface area contributed by atoms with E-state index < -0.39 is 6.04 Å². The van der Waals surface area contributed by atoms with Crippen LogP contribution in [0.1, 0.15) is 77.1 Å². The lowest BCUT2D eigenvalue weighted by molar-refractivity contribution is -0.136. The Bertz CT molecular complexity index is 2080. The van der Waals surface area contributed by atoms with Crippen LogP contribution < -0.4 is 19.9 Å². The zero-order valence-corrected chi connectivity index (χ0v) is 30.4. The van der Waals surface area contributed by atoms with Gasteiger partial charge in [0.15, 0.2) is 0 Å². The molecule has 1 aromatic heterocycles. The van der Waals surface area contributed by atoms with Crippen LogP contribution in [0.2, 0.25) is 0 Å². The Balaban J connectivity index is 0.781. The molecule has 0 spiro atoms. The van der Waals surface area contributed by atoms with Crippen LogP contribution in [0.4, 0.5) is 11.4 Å². The molecule has 11 heteroatoms. The molecule has 8 rings (SSSR count). The van der Waals surface area contributed by atoms with Crippen molar-refractivity contribution in [2.24, 2.45) is 0 Å². The number of unbranched alkanes of at least 4 members (excludes halogenated alkanes) is 1. The molecular formula is C42H47N7O4. The average molecular weight is 714 g/mol. The Morgan fingerprint density at radius 1 is 0.925 bits per heavy atom. The number of rotatable bonds is 10. The number of nitrogens with one attached hydrogen (secondary N) is 2. The normalized spacial score (nSPS) is 20.8. The van der Waals surface area contributed by atoms with Crippen LogP contribution in [-0.2, 0) is 16.1 Å². The molecule has 0 bridgehead atoms. The van der Waals surface area contributed by atoms with Crippen molar-refractivity contribution in [1.82, 2.24) is 20.1 Å². The number of amides is 3. The monoisotopic (exact) mass is 713 g/mol. The Hall–Kier alpha value is -5.34. The summed E-state index contributed by atoms with van der Waals surface area (Å²) in [6, 6.07) is 20.7. The molecule has 274 valence electrons. The van der Waals surface area contributed by atoms with E-state index in [4.69, 9.17) is 4.74 Å². The number of aryl methyl sites for hydroxylation is 1. The quantitative estimate of drug-likeness (QED) is 0.164. The Kier molecular flexibility index (Phi) is 9.80. The molecule has 3 amide bonds. The highest BCUT2D eigenvalue weighted by Gasteiger charge is 2.39. The fourth-order valence-corrected chi connectivity index (χ4v) is 8.72. The summed E-state index contributed by atoms with van der Waals surface area (Å²) in [5.41, 5.74) is 8.16. The summed E-state index contributed by atoms with van der Waals surface area (Å²) in [5.74, 6) is 0.518. The first-order valence-corrected chi connectivity index (χ1v) is 19.1. The minimum atomic E-state index is -0.592. The first kappa shape index (κ1) is 34.7. The average Bonchev–Trinajstić information content (AvgIpc) is 3.76. The molecule has 53 heavy (non-hydrogen) atoms. The van der Waals surface area contributed by atoms with Crippen LogP contribution in [0, 0.1) is 18.3 Å². The SMILES string of the molecule is Cc1ccc([C@H]2CCCN(c3cccc(OCCCCN4CCN(c5ccc6c(c5)CN(C5CCC(=O)NC5=O)C6=O)CC4)c3)C2)c2[nH]cc(C#N)c12. The number of benzene rings is 3. The topological polar surface area (TPSA) is 125 Å². The number of nitriles is 1. The van der Waals surface area contributed by atoms with E-state index in [0.717, 1.165) is 111 Å². The van der Waals surface area contributed by atoms with Crippen LogP contribution in [0.5, 0.6) is 5.75 Å². The van der Waals surface area contributed by atoms with Gasteiger partial charge in [0.2, 0.25) is 11.8 Å². The number of carbonyl (C=O) groups excluding carboxylic acids is 3. The van der Waals surface area contributed by atoms with Crippen molar-refractivity contribution in [3.8, 4) is 11.8 Å². The van der Waals surface area contributed by atoms with Crippen molar-refractivity contribution in [2.75, 3.05) is 62.2 Å². The van der Waals surface area contributed by atoms with Gasteiger partial charge < -0.3 is 24.4 Å². The molecule has 4 aliphatic rings. The van der Waals surface area contributed by atoms with E-state index in [2.05, 4.69) is 80.5 Å². The number of nitrogens with zero attached hydrogens (tertiary/aromatic N) is 5. The fourth-order valence-electron chi connectivity index (χ4n) is 8.72. The summed E-state index contributed by atoms with van der Waals surface area (Å²) in [4.78, 5) is 49.5. The Labute approximate surface area is 310 Å². The standard InChI is InChI=1S/C42H47N7O4/c1-28-9-11-35(40-39(28)31(24-43)25-44-40)29-6-5-16-48(26-29)32-7-4-8-34(23-32)53-21-3-2-15-46-17-19-47(20-18-46)33-10-12-36-30(22-33)27-49(42(36)52)37-13-14-38(50)45-41(37)51/h4,7-12,22-23,25,29,37,44H,2-3,5-6,13-21,26-27H2,1H3,(H,45,50,51)/t29-,37?/m0/s1. The third-order valence-electron chi connectivity index (χ3n) is 11.6. The van der Waals surface area contributed by atoms with E-state index in [1.165, 1.54) is 11.3 Å². The molecule has 0 aliphatic carbocycles. The van der Waals surface area contributed by atoms with Gasteiger partial charge in [-0.1, -0.05) is 18.2 Å². The Morgan fingerprint density at radius 2 is 1.77 bits per heavy atom. The first-order chi connectivity index (χ1) is 25.9. The summed E-state index contributed by atoms with van der Waals surface area (Å²) >= 11 is 0. The van der Waals surface area contributed by atoms with Gasteiger partial charge in [0.05, 0.1) is 17.7 Å². The van der Waals surface area contributed by atoms with E-state index in [1.54, 1.807) is 4.90 Å². The van der Waals surface area contributed by atoms with E-state index >= 15 is 0 Å². The van der Waals surface area contributed by atoms with E-state index in [0.29, 0.717) is 31.1 Å². The van der Waals surface area contributed by atoms with Gasteiger partial charge in [-0.3, -0.25) is 24.6 Å². The molecule has 5 heterocycles. The summed E-state index contributed by atoms with van der Waals surface area (Å²) in [6.45, 7) is 9.96. The number of piperazine rings is 1. The van der Waals surface area contributed by atoms with Crippen LogP contribution in [0.3, 0.4) is 0 Å². The van der Waals surface area contributed by atoms with Crippen molar-refractivity contribution in [1.29, 1.82) is 5.26 Å². The predicted octanol–water partition coefficient (Wildman–Crippen LogP) is 5.47. The lowest BCUT2D eigenvalue weighted by atomic mass is 9.88. The van der Waals surface area contributed by atoms with Gasteiger partial charge >= 0.3 is 0 Å². The highest BCUT2D eigenvalue weighted by molar-refractivity contribution is 6.05. The molecule has 4 aromatic rings. The van der Waals surface area contributed by atoms with Crippen LogP contribution in [0.25, 0.3) is 10.9 Å². The molecule has 2 N–H and O–H groups in total. The van der Waals surface area contributed by atoms with Crippen molar-refractivity contribution in [3.63, 3.8) is 0 Å². The van der Waals surface area contributed by atoms with Crippen molar-refractivity contribution >= 4 is 40.0 Å². The maximum atomic E-state index is 13.1. The maximum absolute atomic E-state index is 13.1. The lowest BCUT2D eigenvalue weighted by Gasteiger charge is -2.36. The number of ether oxygens (including phenoxy) is 1. The van der Waals surface area contributed by atoms with E-state index in [1.807, 2.05) is 18.3 Å². The second-order valence-electron chi connectivity index (χ2n) is 14.9. The van der Waals surface area contributed by atoms with Gasteiger partial charge in [0.1, 0.15) is 17.9 Å². The number of anilines is 2. The van der Waals surface area contributed by atoms with Gasteiger partial charge in [-0.05, 0) is 92.6 Å². The van der Waals surface area contributed by atoms with Crippen LogP contribution in [-0.4, -0.2) is 91.0 Å². The molecule has 0 radical (unpaired) electrons. The first-order valence-electron chi connectivity index (χ1n) is 19.1. The highest BCUT2D eigenvalue weighted by Crippen LogP contribution is 2.36. The molecule has 3 fully saturated rings. The number of imide groups is 1. The third-order valence-corrected chi connectivity index (χ3v) is 11.6. The summed E-state index contributed by atoms with van der Waals surface area (Å²) in [7, 11) is 0. The number of piperidine rings is 2. The molecule has 2 atom stereocenters. The Morgan fingerprint density at radius 3 is 2.60 bits per heavy atom. The number of hydrogen-bond acceptors (Lipinski definition) is 8. The number of aromatic amines is 1. The predicted molar refractivity (Wildman–Crippen MR) is 204 cm³/mol. The summed E-state index contributed by atoms with van der Waals surface area (Å²) in [6.07, 6.45) is 6.78. The molecule has 11 nitrogen and oxygen atoms in total. The fraction of sp³-hybridized carbons (Fsp3) is 0.429. The smallest absolute Gasteiger partial charge is 0.255 e. The number of carbonyl (C=O) groups is 3. The third kappa shape index (κ3) is 7.08. The second-order valence-corrected chi connectivity index (χ2v) is 14.9. The molecule has 0 saturated carbocycles. The van der Waals surface area contributed by atoms with E-state index in [-0.39, 0.29) is 24.1 Å². The molecule has 1 unspecified atom stereocenters. The second kappa shape index (κ2) is 15.0. The van der Waals surface area contributed by atoms with Gasteiger partial charge in [0.25, 0.3) is 5.91 Å². The van der Waals surface area contributed by atoms with Gasteiger partial charge in [0, 0.05) is 92.7 Å². The van der Waals surface area contributed by atoms with Crippen molar-refractivity contribution < 1.29 is 19.1 Å². The molecule has 4 aliphatic heterocycles. The molecule has 3 saturated heterocycles. The van der Waals surface area contributed by atoms with Gasteiger partial charge in [-0.15, -0.1) is 0 Å². The number of aromatic nitrogens is 1. The molecule has 3 aromatic carbocycles. The number of fused-ring (bicyclic) bond motifs is 2. The number of H-pyrrole nitrogens is 1. The minimum absolute atomic E-state index is 0.132. The zero-order chi connectivity index (χ0) is 36.5. The largest absolute Gasteiger partial charge is 0.494 e. The zero-order valence-electron chi connectivity index (χ0n) is 30.4. The van der Waals surface area contributed by atoms with Crippen LogP contribution in [0.15, 0.2) is 60.8 Å². The summed E-state index contributed by atoms with van der Waals surface area (Å²) < 4.78 is 6.25.